The van der Waals surface area contributed by atoms with Gasteiger partial charge in [-0.2, -0.15) is 5.26 Å². The fourth-order valence-electron chi connectivity index (χ4n) is 2.83. The average molecular weight is 359 g/mol. The SMILES string of the molecule is CCCn1ccc(C(C#N)OC(=O)C(c2ccc(Cl)cc2)C(C)C)c1. The molecule has 4 nitrogen and oxygen atoms in total. The first kappa shape index (κ1) is 19.1. The molecule has 2 atom stereocenters. The Morgan fingerprint density at radius 3 is 2.48 bits per heavy atom. The Morgan fingerprint density at radius 2 is 1.92 bits per heavy atom. The van der Waals surface area contributed by atoms with Gasteiger partial charge in [-0.15, -0.1) is 0 Å². The van der Waals surface area contributed by atoms with Crippen molar-refractivity contribution in [3.8, 4) is 6.07 Å². The molecule has 132 valence electrons. The number of aromatic nitrogens is 1. The molecule has 0 N–H and O–H groups in total. The topological polar surface area (TPSA) is 55.0 Å². The predicted octanol–water partition coefficient (Wildman–Crippen LogP) is 5.10. The van der Waals surface area contributed by atoms with Crippen LogP contribution in [0.2, 0.25) is 5.02 Å². The molecule has 0 aliphatic carbocycles. The van der Waals surface area contributed by atoms with Crippen LogP contribution in [0.1, 0.15) is 50.3 Å². The first-order valence-corrected chi connectivity index (χ1v) is 8.85. The molecule has 1 aromatic carbocycles. The minimum Gasteiger partial charge on any atom is -0.441 e. The van der Waals surface area contributed by atoms with Crippen molar-refractivity contribution in [2.75, 3.05) is 0 Å². The van der Waals surface area contributed by atoms with Gasteiger partial charge in [-0.05, 0) is 36.1 Å². The quantitative estimate of drug-likeness (QED) is 0.647. The fourth-order valence-corrected chi connectivity index (χ4v) is 2.96. The molecule has 0 bridgehead atoms. The third-order valence-electron chi connectivity index (χ3n) is 4.06. The first-order valence-electron chi connectivity index (χ1n) is 8.47. The molecule has 0 aliphatic heterocycles. The summed E-state index contributed by atoms with van der Waals surface area (Å²) in [7, 11) is 0. The highest BCUT2D eigenvalue weighted by Gasteiger charge is 2.29. The zero-order chi connectivity index (χ0) is 18.4. The summed E-state index contributed by atoms with van der Waals surface area (Å²) < 4.78 is 7.53. The van der Waals surface area contributed by atoms with Gasteiger partial charge in [0.15, 0.2) is 0 Å². The zero-order valence-corrected chi connectivity index (χ0v) is 15.5. The molecule has 2 unspecified atom stereocenters. The molecule has 0 amide bonds. The van der Waals surface area contributed by atoms with Crippen LogP contribution < -0.4 is 0 Å². The highest BCUT2D eigenvalue weighted by molar-refractivity contribution is 6.30. The number of nitriles is 1. The third kappa shape index (κ3) is 4.87. The molecular weight excluding hydrogens is 336 g/mol. The number of ether oxygens (including phenoxy) is 1. The van der Waals surface area contributed by atoms with E-state index in [0.717, 1.165) is 18.5 Å². The lowest BCUT2D eigenvalue weighted by atomic mass is 9.88. The summed E-state index contributed by atoms with van der Waals surface area (Å²) in [4.78, 5) is 12.7. The summed E-state index contributed by atoms with van der Waals surface area (Å²) >= 11 is 5.93. The molecule has 0 aliphatic rings. The molecule has 0 saturated carbocycles. The molecule has 5 heteroatoms. The largest absolute Gasteiger partial charge is 0.441 e. The number of nitrogens with zero attached hydrogens (tertiary/aromatic N) is 2. The van der Waals surface area contributed by atoms with Crippen molar-refractivity contribution < 1.29 is 9.53 Å². The van der Waals surface area contributed by atoms with Gasteiger partial charge in [-0.1, -0.05) is 44.5 Å². The number of benzene rings is 1. The minimum absolute atomic E-state index is 0.0395. The summed E-state index contributed by atoms with van der Waals surface area (Å²) in [6.07, 6.45) is 3.85. The normalized spacial score (nSPS) is 13.3. The van der Waals surface area contributed by atoms with Crippen LogP contribution in [-0.4, -0.2) is 10.5 Å². The highest BCUT2D eigenvalue weighted by Crippen LogP contribution is 2.29. The van der Waals surface area contributed by atoms with Crippen LogP contribution in [0.25, 0.3) is 0 Å². The van der Waals surface area contributed by atoms with E-state index in [1.54, 1.807) is 12.1 Å². The molecule has 1 heterocycles. The highest BCUT2D eigenvalue weighted by atomic mass is 35.5. The average Bonchev–Trinajstić information content (AvgIpc) is 3.03. The van der Waals surface area contributed by atoms with Crippen molar-refractivity contribution >= 4 is 17.6 Å². The maximum absolute atomic E-state index is 12.7. The first-order chi connectivity index (χ1) is 12.0. The zero-order valence-electron chi connectivity index (χ0n) is 14.8. The number of hydrogen-bond acceptors (Lipinski definition) is 3. The van der Waals surface area contributed by atoms with E-state index >= 15 is 0 Å². The second-order valence-corrected chi connectivity index (χ2v) is 6.84. The Kier molecular flexibility index (Phi) is 6.66. The molecule has 2 rings (SSSR count). The Bertz CT molecular complexity index is 744. The molecule has 0 radical (unpaired) electrons. The number of esters is 1. The van der Waals surface area contributed by atoms with E-state index in [9.17, 15) is 10.1 Å². The second-order valence-electron chi connectivity index (χ2n) is 6.40. The van der Waals surface area contributed by atoms with Gasteiger partial charge in [-0.3, -0.25) is 4.79 Å². The van der Waals surface area contributed by atoms with E-state index in [4.69, 9.17) is 16.3 Å². The molecule has 0 saturated heterocycles. The standard InChI is InChI=1S/C20H23ClN2O2/c1-4-10-23-11-9-16(13-23)18(12-22)25-20(24)19(14(2)3)15-5-7-17(21)8-6-15/h5-9,11,13-14,18-19H,4,10H2,1-3H3. The van der Waals surface area contributed by atoms with Gasteiger partial charge in [0.25, 0.3) is 0 Å². The van der Waals surface area contributed by atoms with E-state index in [0.29, 0.717) is 10.6 Å². The fraction of sp³-hybridized carbons (Fsp3) is 0.400. The number of hydrogen-bond donors (Lipinski definition) is 0. The maximum Gasteiger partial charge on any atom is 0.315 e. The molecule has 0 spiro atoms. The number of rotatable bonds is 7. The van der Waals surface area contributed by atoms with E-state index < -0.39 is 18.0 Å². The molecule has 1 aromatic heterocycles. The van der Waals surface area contributed by atoms with Gasteiger partial charge in [0.05, 0.1) is 5.92 Å². The van der Waals surface area contributed by atoms with Crippen LogP contribution >= 0.6 is 11.6 Å². The van der Waals surface area contributed by atoms with Crippen LogP contribution in [0.5, 0.6) is 0 Å². The lowest BCUT2D eigenvalue weighted by molar-refractivity contribution is -0.150. The molecule has 25 heavy (non-hydrogen) atoms. The van der Waals surface area contributed by atoms with Gasteiger partial charge in [-0.25, -0.2) is 0 Å². The van der Waals surface area contributed by atoms with Gasteiger partial charge < -0.3 is 9.30 Å². The maximum atomic E-state index is 12.7. The van der Waals surface area contributed by atoms with Crippen molar-refractivity contribution in [3.63, 3.8) is 0 Å². The van der Waals surface area contributed by atoms with Gasteiger partial charge in [0.2, 0.25) is 6.10 Å². The van der Waals surface area contributed by atoms with Gasteiger partial charge in [0, 0.05) is 29.5 Å². The lowest BCUT2D eigenvalue weighted by Crippen LogP contribution is -2.22. The Morgan fingerprint density at radius 1 is 1.24 bits per heavy atom. The van der Waals surface area contributed by atoms with Crippen molar-refractivity contribution in [2.45, 2.75) is 45.8 Å². The van der Waals surface area contributed by atoms with Crippen LogP contribution in [0.15, 0.2) is 42.7 Å². The molecular formula is C20H23ClN2O2. The smallest absolute Gasteiger partial charge is 0.315 e. The Labute approximate surface area is 154 Å². The summed E-state index contributed by atoms with van der Waals surface area (Å²) in [5.41, 5.74) is 1.53. The summed E-state index contributed by atoms with van der Waals surface area (Å²) in [6, 6.07) is 11.1. The van der Waals surface area contributed by atoms with Crippen molar-refractivity contribution in [3.05, 3.63) is 58.9 Å². The summed E-state index contributed by atoms with van der Waals surface area (Å²) in [5.74, 6) is -0.796. The van der Waals surface area contributed by atoms with Crippen LogP contribution in [-0.2, 0) is 16.1 Å². The molecule has 2 aromatic rings. The van der Waals surface area contributed by atoms with E-state index in [2.05, 4.69) is 13.0 Å². The lowest BCUT2D eigenvalue weighted by Gasteiger charge is -2.21. The Balaban J connectivity index is 2.18. The third-order valence-corrected chi connectivity index (χ3v) is 4.31. The van der Waals surface area contributed by atoms with Crippen LogP contribution in [0.4, 0.5) is 0 Å². The summed E-state index contributed by atoms with van der Waals surface area (Å²) in [6.45, 7) is 6.87. The van der Waals surface area contributed by atoms with Crippen LogP contribution in [0.3, 0.4) is 0 Å². The van der Waals surface area contributed by atoms with Gasteiger partial charge >= 0.3 is 5.97 Å². The monoisotopic (exact) mass is 358 g/mol. The van der Waals surface area contributed by atoms with Crippen molar-refractivity contribution in [1.29, 1.82) is 5.26 Å². The van der Waals surface area contributed by atoms with E-state index in [1.807, 2.05) is 49.0 Å². The second kappa shape index (κ2) is 8.73. The van der Waals surface area contributed by atoms with Crippen LogP contribution in [0, 0.1) is 17.2 Å². The van der Waals surface area contributed by atoms with Crippen molar-refractivity contribution in [1.82, 2.24) is 4.57 Å². The number of carbonyl (C=O) groups excluding carboxylic acids is 1. The van der Waals surface area contributed by atoms with Crippen molar-refractivity contribution in [2.24, 2.45) is 5.92 Å². The van der Waals surface area contributed by atoms with Gasteiger partial charge in [0.1, 0.15) is 6.07 Å². The number of carbonyl (C=O) groups is 1. The summed E-state index contributed by atoms with van der Waals surface area (Å²) in [5, 5.41) is 10.1. The molecule has 0 fully saturated rings. The predicted molar refractivity (Wildman–Crippen MR) is 98.2 cm³/mol. The number of halogens is 1. The number of aryl methyl sites for hydroxylation is 1. The van der Waals surface area contributed by atoms with E-state index in [-0.39, 0.29) is 5.92 Å². The Hall–Kier alpha value is -2.25. The minimum atomic E-state index is -0.904. The van der Waals surface area contributed by atoms with E-state index in [1.165, 1.54) is 0 Å².